The lowest BCUT2D eigenvalue weighted by Gasteiger charge is -2.30. The number of nitrogens with zero attached hydrogens (tertiary/aromatic N) is 1. The van der Waals surface area contributed by atoms with Gasteiger partial charge in [-0.25, -0.2) is 4.79 Å². The fraction of sp³-hybridized carbons (Fsp3) is 0.200. The van der Waals surface area contributed by atoms with Crippen LogP contribution in [0.5, 0.6) is 0 Å². The molecule has 0 atom stereocenters. The Hall–Kier alpha value is -2.56. The number of carbonyl (C=O) groups is 2. The standard InChI is InChI=1S/C15H15N3O2/c1-3-18-11-6-4-9(2)8-10(11)5-7-12(18)13-14(19)17-15(20)16-13/h4-8H,3H2,1-2H3,(H2,16,17,19,20). The molecule has 1 saturated heterocycles. The Morgan fingerprint density at radius 3 is 2.60 bits per heavy atom. The molecule has 2 aliphatic rings. The van der Waals surface area contributed by atoms with E-state index >= 15 is 0 Å². The van der Waals surface area contributed by atoms with Crippen LogP contribution in [0.4, 0.5) is 10.5 Å². The summed E-state index contributed by atoms with van der Waals surface area (Å²) < 4.78 is 0. The molecule has 0 aliphatic carbocycles. The number of anilines is 1. The van der Waals surface area contributed by atoms with Crippen molar-refractivity contribution in [3.63, 3.8) is 0 Å². The molecule has 0 bridgehead atoms. The highest BCUT2D eigenvalue weighted by molar-refractivity contribution is 6.12. The number of imide groups is 1. The molecule has 2 N–H and O–H groups in total. The summed E-state index contributed by atoms with van der Waals surface area (Å²) in [5.74, 6) is -0.385. The maximum Gasteiger partial charge on any atom is 0.326 e. The average Bonchev–Trinajstić information content (AvgIpc) is 2.76. The number of hydrogen-bond donors (Lipinski definition) is 2. The Morgan fingerprint density at radius 1 is 1.15 bits per heavy atom. The average molecular weight is 269 g/mol. The molecule has 2 heterocycles. The number of fused-ring (bicyclic) bond motifs is 1. The molecule has 5 nitrogen and oxygen atoms in total. The van der Waals surface area contributed by atoms with E-state index in [0.717, 1.165) is 11.3 Å². The largest absolute Gasteiger partial charge is 0.339 e. The quantitative estimate of drug-likeness (QED) is 0.604. The summed E-state index contributed by atoms with van der Waals surface area (Å²) >= 11 is 0. The van der Waals surface area contributed by atoms with Gasteiger partial charge in [0.2, 0.25) is 0 Å². The second-order valence-corrected chi connectivity index (χ2v) is 4.81. The van der Waals surface area contributed by atoms with Gasteiger partial charge < -0.3 is 10.2 Å². The summed E-state index contributed by atoms with van der Waals surface area (Å²) in [5.41, 5.74) is 4.36. The second-order valence-electron chi connectivity index (χ2n) is 4.81. The molecule has 1 aromatic carbocycles. The van der Waals surface area contributed by atoms with Crippen molar-refractivity contribution in [1.82, 2.24) is 10.6 Å². The molecule has 3 amide bonds. The van der Waals surface area contributed by atoms with E-state index in [1.807, 2.05) is 43.0 Å². The minimum Gasteiger partial charge on any atom is -0.339 e. The number of carbonyl (C=O) groups excluding carboxylic acids is 2. The Morgan fingerprint density at radius 2 is 1.95 bits per heavy atom. The van der Waals surface area contributed by atoms with Crippen LogP contribution in [-0.2, 0) is 4.79 Å². The minimum atomic E-state index is -0.475. The molecule has 3 rings (SSSR count). The van der Waals surface area contributed by atoms with E-state index in [1.54, 1.807) is 0 Å². The Kier molecular flexibility index (Phi) is 2.82. The molecule has 0 unspecified atom stereocenters. The van der Waals surface area contributed by atoms with Crippen LogP contribution < -0.4 is 15.5 Å². The van der Waals surface area contributed by atoms with Crippen molar-refractivity contribution in [1.29, 1.82) is 0 Å². The number of likely N-dealkylation sites (N-methyl/N-ethyl adjacent to an activating group) is 1. The van der Waals surface area contributed by atoms with Gasteiger partial charge in [0.1, 0.15) is 5.70 Å². The van der Waals surface area contributed by atoms with Gasteiger partial charge in [-0.05, 0) is 37.6 Å². The highest BCUT2D eigenvalue weighted by Gasteiger charge is 2.29. The van der Waals surface area contributed by atoms with Crippen LogP contribution in [0.1, 0.15) is 18.1 Å². The van der Waals surface area contributed by atoms with Crippen LogP contribution in [-0.4, -0.2) is 18.5 Å². The highest BCUT2D eigenvalue weighted by atomic mass is 16.2. The zero-order valence-electron chi connectivity index (χ0n) is 11.4. The SMILES string of the molecule is CCN1C(=C2NC(=O)NC2=O)C=Cc2cc(C)ccc21. The molecular formula is C15H15N3O2. The first kappa shape index (κ1) is 12.5. The predicted molar refractivity (Wildman–Crippen MR) is 76.9 cm³/mol. The van der Waals surface area contributed by atoms with E-state index in [-0.39, 0.29) is 5.91 Å². The topological polar surface area (TPSA) is 61.4 Å². The van der Waals surface area contributed by atoms with Crippen molar-refractivity contribution in [2.45, 2.75) is 13.8 Å². The molecule has 0 radical (unpaired) electrons. The third kappa shape index (κ3) is 1.87. The summed E-state index contributed by atoms with van der Waals surface area (Å²) in [6.07, 6.45) is 3.83. The molecule has 0 saturated carbocycles. The first-order chi connectivity index (χ1) is 9.60. The van der Waals surface area contributed by atoms with Gasteiger partial charge in [-0.3, -0.25) is 10.1 Å². The molecule has 2 aliphatic heterocycles. The molecule has 5 heteroatoms. The lowest BCUT2D eigenvalue weighted by molar-refractivity contribution is -0.115. The van der Waals surface area contributed by atoms with Gasteiger partial charge >= 0.3 is 6.03 Å². The molecular weight excluding hydrogens is 254 g/mol. The van der Waals surface area contributed by atoms with Gasteiger partial charge in [0.25, 0.3) is 5.91 Å². The summed E-state index contributed by atoms with van der Waals surface area (Å²) in [4.78, 5) is 25.1. The number of nitrogens with one attached hydrogen (secondary N) is 2. The molecule has 0 aromatic heterocycles. The van der Waals surface area contributed by atoms with Crippen molar-refractivity contribution in [2.24, 2.45) is 0 Å². The second kappa shape index (κ2) is 4.52. The van der Waals surface area contributed by atoms with Gasteiger partial charge in [-0.1, -0.05) is 17.7 Å². The number of amides is 3. The first-order valence-electron chi connectivity index (χ1n) is 6.53. The molecule has 1 aromatic rings. The number of urea groups is 1. The van der Waals surface area contributed by atoms with Crippen molar-refractivity contribution in [3.05, 3.63) is 46.8 Å². The maximum absolute atomic E-state index is 11.8. The molecule has 102 valence electrons. The van der Waals surface area contributed by atoms with E-state index < -0.39 is 6.03 Å². The van der Waals surface area contributed by atoms with Crippen LogP contribution >= 0.6 is 0 Å². The van der Waals surface area contributed by atoms with Gasteiger partial charge in [-0.2, -0.15) is 0 Å². The number of hydrogen-bond acceptors (Lipinski definition) is 3. The number of benzene rings is 1. The predicted octanol–water partition coefficient (Wildman–Crippen LogP) is 1.90. The van der Waals surface area contributed by atoms with E-state index in [9.17, 15) is 9.59 Å². The van der Waals surface area contributed by atoms with Crippen molar-refractivity contribution >= 4 is 23.7 Å². The van der Waals surface area contributed by atoms with Crippen molar-refractivity contribution < 1.29 is 9.59 Å². The summed E-state index contributed by atoms with van der Waals surface area (Å²) in [6, 6.07) is 5.70. The Balaban J connectivity index is 2.13. The summed E-state index contributed by atoms with van der Waals surface area (Å²) in [7, 11) is 0. The number of allylic oxidation sites excluding steroid dienone is 1. The molecule has 20 heavy (non-hydrogen) atoms. The minimum absolute atomic E-state index is 0.305. The molecule has 0 spiro atoms. The van der Waals surface area contributed by atoms with E-state index in [1.165, 1.54) is 5.56 Å². The van der Waals surface area contributed by atoms with Crippen molar-refractivity contribution in [2.75, 3.05) is 11.4 Å². The fourth-order valence-corrected chi connectivity index (χ4v) is 2.55. The zero-order chi connectivity index (χ0) is 14.3. The Bertz CT molecular complexity index is 674. The van der Waals surface area contributed by atoms with Gasteiger partial charge in [-0.15, -0.1) is 0 Å². The lowest BCUT2D eigenvalue weighted by Crippen LogP contribution is -2.28. The Labute approximate surface area is 117 Å². The normalized spacial score (nSPS) is 20.8. The smallest absolute Gasteiger partial charge is 0.326 e. The number of aryl methyl sites for hydroxylation is 1. The van der Waals surface area contributed by atoms with Crippen LogP contribution in [0.25, 0.3) is 6.08 Å². The molecule has 1 fully saturated rings. The highest BCUT2D eigenvalue weighted by Crippen LogP contribution is 2.32. The van der Waals surface area contributed by atoms with Crippen LogP contribution in [0, 0.1) is 6.92 Å². The summed E-state index contributed by atoms with van der Waals surface area (Å²) in [5, 5.41) is 4.80. The lowest BCUT2D eigenvalue weighted by atomic mass is 10.0. The zero-order valence-corrected chi connectivity index (χ0v) is 11.4. The summed E-state index contributed by atoms with van der Waals surface area (Å²) in [6.45, 7) is 4.77. The van der Waals surface area contributed by atoms with Gasteiger partial charge in [0, 0.05) is 12.2 Å². The first-order valence-corrected chi connectivity index (χ1v) is 6.53. The fourth-order valence-electron chi connectivity index (χ4n) is 2.55. The van der Waals surface area contributed by atoms with Gasteiger partial charge in [0.15, 0.2) is 0 Å². The van der Waals surface area contributed by atoms with Gasteiger partial charge in [0.05, 0.1) is 5.70 Å². The van der Waals surface area contributed by atoms with Crippen LogP contribution in [0.2, 0.25) is 0 Å². The van der Waals surface area contributed by atoms with Crippen molar-refractivity contribution in [3.8, 4) is 0 Å². The number of rotatable bonds is 1. The van der Waals surface area contributed by atoms with E-state index in [2.05, 4.69) is 16.7 Å². The third-order valence-corrected chi connectivity index (χ3v) is 3.45. The van der Waals surface area contributed by atoms with Crippen LogP contribution in [0.15, 0.2) is 35.7 Å². The third-order valence-electron chi connectivity index (χ3n) is 3.45. The monoisotopic (exact) mass is 269 g/mol. The van der Waals surface area contributed by atoms with E-state index in [4.69, 9.17) is 0 Å². The van der Waals surface area contributed by atoms with E-state index in [0.29, 0.717) is 17.9 Å². The van der Waals surface area contributed by atoms with Crippen LogP contribution in [0.3, 0.4) is 0 Å². The maximum atomic E-state index is 11.8.